The van der Waals surface area contributed by atoms with Gasteiger partial charge in [0, 0.05) is 23.5 Å². The predicted octanol–water partition coefficient (Wildman–Crippen LogP) is 7.65. The van der Waals surface area contributed by atoms with Gasteiger partial charge in [-0.2, -0.15) is 0 Å². The quantitative estimate of drug-likeness (QED) is 0.0395. The molecule has 0 aliphatic rings. The molecule has 10 nitrogen and oxygen atoms in total. The normalized spacial score (nSPS) is 10.6. The first kappa shape index (κ1) is 38.3. The summed E-state index contributed by atoms with van der Waals surface area (Å²) >= 11 is 0. The van der Waals surface area contributed by atoms with Crippen LogP contribution in [0, 0.1) is 0 Å². The lowest BCUT2D eigenvalue weighted by Gasteiger charge is -2.11. The van der Waals surface area contributed by atoms with Crippen LogP contribution in [0.25, 0.3) is 0 Å². The fourth-order valence-electron chi connectivity index (χ4n) is 5.00. The Morgan fingerprint density at radius 3 is 2.20 bits per heavy atom. The number of aryl methyl sites for hydroxylation is 4. The minimum Gasteiger partial charge on any atom is -0.494 e. The van der Waals surface area contributed by atoms with E-state index in [2.05, 4.69) is 16.5 Å². The van der Waals surface area contributed by atoms with Crippen LogP contribution >= 0.6 is 0 Å². The summed E-state index contributed by atoms with van der Waals surface area (Å²) < 4.78 is 27.4. The number of methoxy groups -OCH3 is 1. The van der Waals surface area contributed by atoms with Crippen molar-refractivity contribution in [2.24, 2.45) is 0 Å². The summed E-state index contributed by atoms with van der Waals surface area (Å²) in [5.74, 6) is 0.583. The van der Waals surface area contributed by atoms with Crippen LogP contribution in [0.2, 0.25) is 0 Å². The van der Waals surface area contributed by atoms with Gasteiger partial charge in [0.1, 0.15) is 11.4 Å². The molecule has 0 atom stereocenters. The summed E-state index contributed by atoms with van der Waals surface area (Å²) in [5, 5.41) is 0. The smallest absolute Gasteiger partial charge is 0.362 e. The molecular formula is C41H46N2O8. The van der Waals surface area contributed by atoms with Crippen molar-refractivity contribution in [3.63, 3.8) is 0 Å². The highest BCUT2D eigenvalue weighted by molar-refractivity contribution is 5.89. The minimum absolute atomic E-state index is 0.222. The van der Waals surface area contributed by atoms with Crippen LogP contribution < -0.4 is 18.9 Å². The van der Waals surface area contributed by atoms with E-state index in [0.717, 1.165) is 60.2 Å². The van der Waals surface area contributed by atoms with Crippen LogP contribution in [0.5, 0.6) is 23.1 Å². The maximum Gasteiger partial charge on any atom is 0.362 e. The van der Waals surface area contributed by atoms with Crippen molar-refractivity contribution in [2.75, 3.05) is 20.3 Å². The summed E-state index contributed by atoms with van der Waals surface area (Å²) in [5.41, 5.74) is 4.47. The Balaban J connectivity index is 1.13. The average molecular weight is 695 g/mol. The van der Waals surface area contributed by atoms with E-state index in [1.54, 1.807) is 37.4 Å². The molecule has 10 heteroatoms. The lowest BCUT2D eigenvalue weighted by molar-refractivity contribution is -0.139. The minimum atomic E-state index is -0.541. The second-order valence-electron chi connectivity index (χ2n) is 12.0. The molecule has 0 N–H and O–H groups in total. The average Bonchev–Trinajstić information content (AvgIpc) is 3.15. The van der Waals surface area contributed by atoms with E-state index < -0.39 is 5.97 Å². The molecule has 0 unspecified atom stereocenters. The zero-order valence-corrected chi connectivity index (χ0v) is 29.7. The number of hydrogen-bond acceptors (Lipinski definition) is 10. The van der Waals surface area contributed by atoms with Crippen LogP contribution in [0.3, 0.4) is 0 Å². The Morgan fingerprint density at radius 1 is 0.765 bits per heavy atom. The predicted molar refractivity (Wildman–Crippen MR) is 193 cm³/mol. The summed E-state index contributed by atoms with van der Waals surface area (Å²) in [4.78, 5) is 45.1. The van der Waals surface area contributed by atoms with E-state index in [-0.39, 0.29) is 29.9 Å². The van der Waals surface area contributed by atoms with Crippen LogP contribution in [0.4, 0.5) is 0 Å². The first-order valence-corrected chi connectivity index (χ1v) is 17.3. The zero-order chi connectivity index (χ0) is 36.4. The third-order valence-corrected chi connectivity index (χ3v) is 7.96. The topological polar surface area (TPSA) is 123 Å². The Labute approximate surface area is 299 Å². The van der Waals surface area contributed by atoms with Crippen molar-refractivity contribution in [3.8, 4) is 23.1 Å². The van der Waals surface area contributed by atoms with Crippen molar-refractivity contribution < 1.29 is 38.1 Å². The van der Waals surface area contributed by atoms with Gasteiger partial charge in [0.25, 0.3) is 0 Å². The lowest BCUT2D eigenvalue weighted by atomic mass is 10.1. The molecule has 0 aliphatic heterocycles. The Morgan fingerprint density at radius 2 is 1.49 bits per heavy atom. The molecule has 0 bridgehead atoms. The van der Waals surface area contributed by atoms with Crippen LogP contribution in [0.15, 0.2) is 91.1 Å². The number of unbranched alkanes of at least 4 members (excludes halogenated alkanes) is 3. The molecule has 0 saturated carbocycles. The van der Waals surface area contributed by atoms with Crippen LogP contribution in [-0.4, -0.2) is 48.2 Å². The third-order valence-electron chi connectivity index (χ3n) is 7.96. The Hall–Kier alpha value is -5.51. The molecule has 0 amide bonds. The number of carbonyl (C=O) groups is 3. The Kier molecular flexibility index (Phi) is 15.2. The standard InChI is InChI=1S/C41H46N2O8/c1-5-33-11-10-12-35(43-33)41(46)50-36-22-17-31(27-37(36)47-4)13-14-32-18-23-38(42-28-32)51-39(44)24-19-30-15-20-34(21-16-30)48-25-8-6-7-9-26-49-40(45)29(2)3/h10-12,15-18,20-23,27-28H,2,5-9,13-14,19,24-26H2,1,3-4H3. The largest absolute Gasteiger partial charge is 0.494 e. The SMILES string of the molecule is C=C(C)C(=O)OCCCCCCOc1ccc(CCC(=O)Oc2ccc(CCc3ccc(OC(=O)c4cccc(CC)n4)c(OC)c3)cn2)cc1. The second-order valence-corrected chi connectivity index (χ2v) is 12.0. The van der Waals surface area contributed by atoms with E-state index in [9.17, 15) is 14.4 Å². The molecule has 51 heavy (non-hydrogen) atoms. The second kappa shape index (κ2) is 20.2. The van der Waals surface area contributed by atoms with E-state index in [1.165, 1.54) is 7.11 Å². The Bertz CT molecular complexity index is 1750. The van der Waals surface area contributed by atoms with Gasteiger partial charge in [0.05, 0.1) is 26.7 Å². The number of nitrogens with zero attached hydrogens (tertiary/aromatic N) is 2. The van der Waals surface area contributed by atoms with Gasteiger partial charge in [-0.05, 0) is 111 Å². The van der Waals surface area contributed by atoms with Crippen LogP contribution in [-0.2, 0) is 40.0 Å². The summed E-state index contributed by atoms with van der Waals surface area (Å²) in [6, 6.07) is 22.0. The van der Waals surface area contributed by atoms with Gasteiger partial charge in [0.2, 0.25) is 5.88 Å². The third kappa shape index (κ3) is 13.0. The number of pyridine rings is 2. The monoisotopic (exact) mass is 694 g/mol. The first-order valence-electron chi connectivity index (χ1n) is 17.3. The number of esters is 3. The lowest BCUT2D eigenvalue weighted by Crippen LogP contribution is -2.12. The van der Waals surface area contributed by atoms with Gasteiger partial charge in [0.15, 0.2) is 11.5 Å². The van der Waals surface area contributed by atoms with E-state index in [1.807, 2.05) is 55.5 Å². The molecule has 0 radical (unpaired) electrons. The summed E-state index contributed by atoms with van der Waals surface area (Å²) in [6.45, 7) is 8.20. The number of hydrogen-bond donors (Lipinski definition) is 0. The van der Waals surface area contributed by atoms with E-state index in [0.29, 0.717) is 49.5 Å². The number of aromatic nitrogens is 2. The maximum atomic E-state index is 12.6. The van der Waals surface area contributed by atoms with Crippen molar-refractivity contribution in [3.05, 3.63) is 119 Å². The number of benzene rings is 2. The summed E-state index contributed by atoms with van der Waals surface area (Å²) in [7, 11) is 1.53. The molecule has 0 saturated heterocycles. The van der Waals surface area contributed by atoms with Crippen LogP contribution in [0.1, 0.15) is 78.8 Å². The molecule has 0 fully saturated rings. The zero-order valence-electron chi connectivity index (χ0n) is 29.7. The van der Waals surface area contributed by atoms with Crippen molar-refractivity contribution in [1.82, 2.24) is 9.97 Å². The molecule has 0 aliphatic carbocycles. The molecule has 2 aromatic carbocycles. The molecule has 268 valence electrons. The highest BCUT2D eigenvalue weighted by Gasteiger charge is 2.15. The van der Waals surface area contributed by atoms with Crippen molar-refractivity contribution >= 4 is 17.9 Å². The highest BCUT2D eigenvalue weighted by Crippen LogP contribution is 2.29. The van der Waals surface area contributed by atoms with Gasteiger partial charge in [-0.1, -0.05) is 43.8 Å². The van der Waals surface area contributed by atoms with Crippen molar-refractivity contribution in [2.45, 2.75) is 71.6 Å². The van der Waals surface area contributed by atoms with Crippen molar-refractivity contribution in [1.29, 1.82) is 0 Å². The molecule has 4 rings (SSSR count). The highest BCUT2D eigenvalue weighted by atomic mass is 16.6. The summed E-state index contributed by atoms with van der Waals surface area (Å²) in [6.07, 6.45) is 8.27. The molecule has 2 aromatic heterocycles. The molecule has 2 heterocycles. The molecular weight excluding hydrogens is 648 g/mol. The van der Waals surface area contributed by atoms with Gasteiger partial charge in [-0.25, -0.2) is 19.6 Å². The fourth-order valence-corrected chi connectivity index (χ4v) is 5.00. The number of rotatable bonds is 20. The van der Waals surface area contributed by atoms with E-state index >= 15 is 0 Å². The van der Waals surface area contributed by atoms with Gasteiger partial charge >= 0.3 is 17.9 Å². The molecule has 4 aromatic rings. The number of carbonyl (C=O) groups excluding carboxylic acids is 3. The van der Waals surface area contributed by atoms with Gasteiger partial charge < -0.3 is 23.7 Å². The van der Waals surface area contributed by atoms with Gasteiger partial charge in [-0.3, -0.25) is 4.79 Å². The fraction of sp³-hybridized carbons (Fsp3) is 0.341. The first-order chi connectivity index (χ1) is 24.7. The number of ether oxygens (including phenoxy) is 5. The van der Waals surface area contributed by atoms with E-state index in [4.69, 9.17) is 23.7 Å². The molecule has 0 spiro atoms. The van der Waals surface area contributed by atoms with Gasteiger partial charge in [-0.15, -0.1) is 0 Å². The maximum absolute atomic E-state index is 12.6.